The van der Waals surface area contributed by atoms with Crippen LogP contribution in [0, 0.1) is 5.92 Å². The van der Waals surface area contributed by atoms with Gasteiger partial charge in [-0.05, 0) is 44.9 Å². The molecule has 1 saturated carbocycles. The molecule has 2 heterocycles. The van der Waals surface area contributed by atoms with E-state index in [9.17, 15) is 4.79 Å². The third kappa shape index (κ3) is 3.84. The molecule has 0 saturated heterocycles. The molecule has 136 valence electrons. The Morgan fingerprint density at radius 2 is 1.96 bits per heavy atom. The zero-order valence-corrected chi connectivity index (χ0v) is 14.9. The molecule has 0 aromatic carbocycles. The molecule has 2 aliphatic rings. The van der Waals surface area contributed by atoms with Crippen LogP contribution in [0.4, 0.5) is 0 Å². The van der Waals surface area contributed by atoms with Crippen LogP contribution < -0.4 is 5.32 Å². The van der Waals surface area contributed by atoms with Crippen LogP contribution in [0.3, 0.4) is 0 Å². The number of nitrogens with zero attached hydrogens (tertiary/aromatic N) is 4. The lowest BCUT2D eigenvalue weighted by atomic mass is 9.89. The Hall–Kier alpha value is -2.50. The van der Waals surface area contributed by atoms with Crippen LogP contribution in [-0.4, -0.2) is 31.7 Å². The van der Waals surface area contributed by atoms with Gasteiger partial charge in [-0.25, -0.2) is 0 Å². The Labute approximate surface area is 153 Å². The van der Waals surface area contributed by atoms with Gasteiger partial charge in [0.05, 0.1) is 24.1 Å². The predicted molar refractivity (Wildman–Crippen MR) is 99.2 cm³/mol. The molecule has 2 aromatic rings. The van der Waals surface area contributed by atoms with Crippen LogP contribution in [0.25, 0.3) is 11.3 Å². The zero-order chi connectivity index (χ0) is 17.8. The number of nitrogens with one attached hydrogen (secondary N) is 1. The van der Waals surface area contributed by atoms with Crippen molar-refractivity contribution in [3.05, 3.63) is 43.1 Å². The highest BCUT2D eigenvalue weighted by Gasteiger charge is 2.26. The molecule has 6 nitrogen and oxygen atoms in total. The monoisotopic (exact) mass is 351 g/mol. The van der Waals surface area contributed by atoms with E-state index in [0.717, 1.165) is 56.2 Å². The molecule has 0 bridgehead atoms. The van der Waals surface area contributed by atoms with Crippen molar-refractivity contribution >= 4 is 5.91 Å². The first kappa shape index (κ1) is 16.9. The van der Waals surface area contributed by atoms with E-state index in [1.54, 1.807) is 18.6 Å². The molecular weight excluding hydrogens is 326 g/mol. The van der Waals surface area contributed by atoms with Crippen LogP contribution >= 0.6 is 0 Å². The summed E-state index contributed by atoms with van der Waals surface area (Å²) in [5.41, 5.74) is 1.85. The minimum atomic E-state index is 0.165. The lowest BCUT2D eigenvalue weighted by Crippen LogP contribution is -2.41. The Morgan fingerprint density at radius 3 is 2.69 bits per heavy atom. The number of carbonyl (C=O) groups is 1. The van der Waals surface area contributed by atoms with E-state index in [4.69, 9.17) is 0 Å². The smallest absolute Gasteiger partial charge is 0.223 e. The van der Waals surface area contributed by atoms with Crippen LogP contribution in [0.1, 0.15) is 51.0 Å². The topological polar surface area (TPSA) is 72.7 Å². The predicted octanol–water partition coefficient (Wildman–Crippen LogP) is 3.30. The van der Waals surface area contributed by atoms with Crippen molar-refractivity contribution in [2.45, 2.75) is 57.0 Å². The second kappa shape index (κ2) is 7.81. The second-order valence-corrected chi connectivity index (χ2v) is 7.30. The molecule has 1 unspecified atom stereocenters. The first-order valence-electron chi connectivity index (χ1n) is 9.55. The molecule has 4 rings (SSSR count). The van der Waals surface area contributed by atoms with Crippen molar-refractivity contribution in [1.29, 1.82) is 0 Å². The van der Waals surface area contributed by atoms with Crippen molar-refractivity contribution in [2.24, 2.45) is 5.92 Å². The van der Waals surface area contributed by atoms with E-state index in [1.807, 2.05) is 10.9 Å². The minimum Gasteiger partial charge on any atom is -0.353 e. The molecule has 2 aromatic heterocycles. The van der Waals surface area contributed by atoms with Crippen molar-refractivity contribution in [3.63, 3.8) is 0 Å². The Kier molecular flexibility index (Phi) is 5.09. The summed E-state index contributed by atoms with van der Waals surface area (Å²) in [6, 6.07) is 0.700. The van der Waals surface area contributed by atoms with E-state index < -0.39 is 0 Å². The average molecular weight is 351 g/mol. The Bertz CT molecular complexity index is 762. The van der Waals surface area contributed by atoms with Crippen LogP contribution in [0.15, 0.2) is 43.1 Å². The zero-order valence-electron chi connectivity index (χ0n) is 14.9. The average Bonchev–Trinajstić information content (AvgIpc) is 3.20. The molecule has 1 fully saturated rings. The maximum absolute atomic E-state index is 12.4. The van der Waals surface area contributed by atoms with Crippen molar-refractivity contribution in [2.75, 3.05) is 0 Å². The second-order valence-electron chi connectivity index (χ2n) is 7.30. The summed E-state index contributed by atoms with van der Waals surface area (Å²) in [4.78, 5) is 20.8. The maximum Gasteiger partial charge on any atom is 0.223 e. The van der Waals surface area contributed by atoms with E-state index in [1.165, 1.54) is 0 Å². The maximum atomic E-state index is 12.4. The van der Waals surface area contributed by atoms with Gasteiger partial charge in [0.1, 0.15) is 0 Å². The molecule has 1 atom stereocenters. The molecule has 26 heavy (non-hydrogen) atoms. The summed E-state index contributed by atoms with van der Waals surface area (Å²) in [5, 5.41) is 7.80. The summed E-state index contributed by atoms with van der Waals surface area (Å²) >= 11 is 0. The minimum absolute atomic E-state index is 0.165. The van der Waals surface area contributed by atoms with Gasteiger partial charge in [0, 0.05) is 36.1 Å². The van der Waals surface area contributed by atoms with Gasteiger partial charge in [0.2, 0.25) is 5.91 Å². The van der Waals surface area contributed by atoms with E-state index in [2.05, 4.69) is 38.7 Å². The quantitative estimate of drug-likeness (QED) is 0.858. The Morgan fingerprint density at radius 1 is 1.08 bits per heavy atom. The SMILES string of the molecule is O=C(NC1CCC(n2cc(-c3cnccn3)cn2)CC1)C1CC=CCC1. The lowest BCUT2D eigenvalue weighted by Gasteiger charge is -2.30. The summed E-state index contributed by atoms with van der Waals surface area (Å²) < 4.78 is 2.05. The number of allylic oxidation sites excluding steroid dienone is 2. The fraction of sp³-hybridized carbons (Fsp3) is 0.500. The number of aromatic nitrogens is 4. The molecule has 1 N–H and O–H groups in total. The fourth-order valence-corrected chi connectivity index (χ4v) is 3.95. The summed E-state index contributed by atoms with van der Waals surface area (Å²) in [7, 11) is 0. The third-order valence-electron chi connectivity index (χ3n) is 5.52. The van der Waals surface area contributed by atoms with Crippen molar-refractivity contribution < 1.29 is 4.79 Å². The van der Waals surface area contributed by atoms with Crippen LogP contribution in [0.5, 0.6) is 0 Å². The molecule has 0 aliphatic heterocycles. The first-order valence-corrected chi connectivity index (χ1v) is 9.55. The van der Waals surface area contributed by atoms with E-state index >= 15 is 0 Å². The van der Waals surface area contributed by atoms with Gasteiger partial charge in [0.25, 0.3) is 0 Å². The van der Waals surface area contributed by atoms with E-state index in [-0.39, 0.29) is 11.8 Å². The number of hydrogen-bond acceptors (Lipinski definition) is 4. The molecule has 0 spiro atoms. The number of amides is 1. The van der Waals surface area contributed by atoms with Crippen LogP contribution in [0.2, 0.25) is 0 Å². The normalized spacial score (nSPS) is 25.8. The van der Waals surface area contributed by atoms with Gasteiger partial charge in [0.15, 0.2) is 0 Å². The largest absolute Gasteiger partial charge is 0.353 e. The standard InChI is InChI=1S/C20H25N5O/c26-20(15-4-2-1-3-5-15)24-17-6-8-18(9-7-17)25-14-16(12-23-25)19-13-21-10-11-22-19/h1-2,10-15,17-18H,3-9H2,(H,24,26). The first-order chi connectivity index (χ1) is 12.8. The fourth-order valence-electron chi connectivity index (χ4n) is 3.95. The number of rotatable bonds is 4. The van der Waals surface area contributed by atoms with Crippen molar-refractivity contribution in [3.8, 4) is 11.3 Å². The van der Waals surface area contributed by atoms with Gasteiger partial charge in [-0.2, -0.15) is 5.10 Å². The highest BCUT2D eigenvalue weighted by molar-refractivity contribution is 5.79. The number of carbonyl (C=O) groups excluding carboxylic acids is 1. The van der Waals surface area contributed by atoms with Crippen molar-refractivity contribution in [1.82, 2.24) is 25.1 Å². The molecular formula is C20H25N5O. The number of hydrogen-bond donors (Lipinski definition) is 1. The summed E-state index contributed by atoms with van der Waals surface area (Å²) in [5.74, 6) is 0.403. The highest BCUT2D eigenvalue weighted by atomic mass is 16.1. The Balaban J connectivity index is 1.30. The highest BCUT2D eigenvalue weighted by Crippen LogP contribution is 2.30. The van der Waals surface area contributed by atoms with Gasteiger partial charge < -0.3 is 5.32 Å². The van der Waals surface area contributed by atoms with Gasteiger partial charge >= 0.3 is 0 Å². The summed E-state index contributed by atoms with van der Waals surface area (Å²) in [6.07, 6.45) is 20.4. The van der Waals surface area contributed by atoms with Gasteiger partial charge in [-0.1, -0.05) is 12.2 Å². The lowest BCUT2D eigenvalue weighted by molar-refractivity contribution is -0.126. The molecule has 1 amide bonds. The molecule has 6 heteroatoms. The third-order valence-corrected chi connectivity index (χ3v) is 5.52. The van der Waals surface area contributed by atoms with E-state index in [0.29, 0.717) is 12.1 Å². The molecule has 2 aliphatic carbocycles. The van der Waals surface area contributed by atoms with Crippen LogP contribution in [-0.2, 0) is 4.79 Å². The van der Waals surface area contributed by atoms with Gasteiger partial charge in [-0.3, -0.25) is 19.4 Å². The molecule has 0 radical (unpaired) electrons. The summed E-state index contributed by atoms with van der Waals surface area (Å²) in [6.45, 7) is 0. The van der Waals surface area contributed by atoms with Gasteiger partial charge in [-0.15, -0.1) is 0 Å².